The van der Waals surface area contributed by atoms with Crippen molar-refractivity contribution in [1.82, 2.24) is 9.88 Å². The minimum atomic E-state index is -3.77. The Morgan fingerprint density at radius 1 is 1.53 bits per heavy atom. The Hall–Kier alpha value is -1.34. The summed E-state index contributed by atoms with van der Waals surface area (Å²) in [7, 11) is -3.77. The lowest BCUT2D eigenvalue weighted by Crippen LogP contribution is -2.26. The topological polar surface area (TPSA) is 94.2 Å². The minimum absolute atomic E-state index is 0.0262. The predicted molar refractivity (Wildman–Crippen MR) is 71.2 cm³/mol. The fourth-order valence-corrected chi connectivity index (χ4v) is 2.53. The summed E-state index contributed by atoms with van der Waals surface area (Å²) in [6, 6.07) is 1.32. The molecule has 1 fully saturated rings. The van der Waals surface area contributed by atoms with Crippen LogP contribution in [0.4, 0.5) is 0 Å². The molecule has 0 radical (unpaired) electrons. The van der Waals surface area contributed by atoms with E-state index in [0.29, 0.717) is 18.8 Å². The summed E-state index contributed by atoms with van der Waals surface area (Å²) in [5, 5.41) is 7.88. The number of nitrogens with one attached hydrogen (secondary N) is 1. The number of carbonyl (C=O) groups is 1. The van der Waals surface area contributed by atoms with Crippen LogP contribution in [0.2, 0.25) is 0 Å². The first-order valence-corrected chi connectivity index (χ1v) is 7.97. The van der Waals surface area contributed by atoms with Gasteiger partial charge in [-0.15, -0.1) is 0 Å². The lowest BCUT2D eigenvalue weighted by Gasteiger charge is -2.07. The third-order valence-electron chi connectivity index (χ3n) is 3.31. The van der Waals surface area contributed by atoms with Crippen LogP contribution in [0.1, 0.15) is 36.7 Å². The highest BCUT2D eigenvalue weighted by molar-refractivity contribution is 7.89. The zero-order valence-corrected chi connectivity index (χ0v) is 11.7. The zero-order chi connectivity index (χ0) is 14.0. The summed E-state index contributed by atoms with van der Waals surface area (Å²) in [6.45, 7) is 2.98. The summed E-state index contributed by atoms with van der Waals surface area (Å²) in [5.74, 6) is 0.496. The second-order valence-electron chi connectivity index (χ2n) is 4.88. The van der Waals surface area contributed by atoms with Crippen molar-refractivity contribution in [3.8, 4) is 0 Å². The second kappa shape index (κ2) is 5.34. The quantitative estimate of drug-likeness (QED) is 0.805. The number of nitrogens with two attached hydrogens (primary N) is 1. The lowest BCUT2D eigenvalue weighted by atomic mass is 10.3. The molecule has 1 aliphatic rings. The van der Waals surface area contributed by atoms with E-state index >= 15 is 0 Å². The van der Waals surface area contributed by atoms with Crippen LogP contribution in [-0.4, -0.2) is 25.4 Å². The molecule has 0 spiro atoms. The molecule has 3 N–H and O–H groups in total. The Labute approximate surface area is 113 Å². The summed E-state index contributed by atoms with van der Waals surface area (Å²) in [4.78, 5) is 12.0. The Balaban J connectivity index is 2.08. The van der Waals surface area contributed by atoms with Crippen LogP contribution in [0.5, 0.6) is 0 Å². The van der Waals surface area contributed by atoms with Gasteiger partial charge in [0.2, 0.25) is 10.0 Å². The van der Waals surface area contributed by atoms with Crippen LogP contribution in [0.25, 0.3) is 0 Å². The summed E-state index contributed by atoms with van der Waals surface area (Å²) in [5.41, 5.74) is 0.335. The highest BCUT2D eigenvalue weighted by Gasteiger charge is 2.22. The maximum atomic E-state index is 12.0. The molecule has 0 unspecified atom stereocenters. The molecular formula is C12H19N3O3S. The minimum Gasteiger partial charge on any atom is -0.351 e. The SMILES string of the molecule is CCn1cc(S(N)(=O)=O)cc1C(=O)NCCC1CC1. The summed E-state index contributed by atoms with van der Waals surface area (Å²) >= 11 is 0. The number of hydrogen-bond acceptors (Lipinski definition) is 3. The van der Waals surface area contributed by atoms with E-state index in [1.165, 1.54) is 25.1 Å². The van der Waals surface area contributed by atoms with Gasteiger partial charge in [-0.05, 0) is 25.3 Å². The molecule has 19 heavy (non-hydrogen) atoms. The highest BCUT2D eigenvalue weighted by Crippen LogP contribution is 2.31. The van der Waals surface area contributed by atoms with Crippen LogP contribution >= 0.6 is 0 Å². The van der Waals surface area contributed by atoms with Crippen LogP contribution in [-0.2, 0) is 16.6 Å². The summed E-state index contributed by atoms with van der Waals surface area (Å²) in [6.07, 6.45) is 4.87. The normalized spacial score (nSPS) is 15.5. The highest BCUT2D eigenvalue weighted by atomic mass is 32.2. The van der Waals surface area contributed by atoms with Crippen molar-refractivity contribution in [2.24, 2.45) is 11.1 Å². The first kappa shape index (κ1) is 14.1. The number of nitrogens with zero attached hydrogens (tertiary/aromatic N) is 1. The molecule has 1 amide bonds. The van der Waals surface area contributed by atoms with Crippen molar-refractivity contribution in [3.63, 3.8) is 0 Å². The van der Waals surface area contributed by atoms with Gasteiger partial charge in [-0.3, -0.25) is 4.79 Å². The molecule has 2 rings (SSSR count). The maximum absolute atomic E-state index is 12.0. The van der Waals surface area contributed by atoms with Crippen LogP contribution < -0.4 is 10.5 Å². The Bertz CT molecular complexity index is 573. The number of amides is 1. The molecule has 1 aliphatic carbocycles. The average Bonchev–Trinajstić information content (AvgIpc) is 3.04. The monoisotopic (exact) mass is 285 g/mol. The zero-order valence-electron chi connectivity index (χ0n) is 10.9. The van der Waals surface area contributed by atoms with E-state index in [1.54, 1.807) is 4.57 Å². The van der Waals surface area contributed by atoms with Gasteiger partial charge in [0.15, 0.2) is 0 Å². The van der Waals surface area contributed by atoms with Gasteiger partial charge in [-0.2, -0.15) is 0 Å². The first-order valence-electron chi connectivity index (χ1n) is 6.43. The molecule has 0 bridgehead atoms. The van der Waals surface area contributed by atoms with Crippen LogP contribution in [0.3, 0.4) is 0 Å². The Morgan fingerprint density at radius 3 is 2.74 bits per heavy atom. The van der Waals surface area contributed by atoms with Gasteiger partial charge in [0.05, 0.1) is 0 Å². The number of aryl methyl sites for hydroxylation is 1. The Kier molecular flexibility index (Phi) is 3.96. The van der Waals surface area contributed by atoms with E-state index in [-0.39, 0.29) is 10.8 Å². The van der Waals surface area contributed by atoms with Crippen molar-refractivity contribution in [2.75, 3.05) is 6.54 Å². The molecule has 0 aromatic carbocycles. The van der Waals surface area contributed by atoms with Gasteiger partial charge in [0.25, 0.3) is 5.91 Å². The van der Waals surface area contributed by atoms with Gasteiger partial charge in [-0.25, -0.2) is 13.6 Å². The predicted octanol–water partition coefficient (Wildman–Crippen LogP) is 0.685. The van der Waals surface area contributed by atoms with Gasteiger partial charge >= 0.3 is 0 Å². The van der Waals surface area contributed by atoms with E-state index in [9.17, 15) is 13.2 Å². The summed E-state index contributed by atoms with van der Waals surface area (Å²) < 4.78 is 24.2. The molecule has 7 heteroatoms. The van der Waals surface area contributed by atoms with E-state index in [4.69, 9.17) is 5.14 Å². The molecular weight excluding hydrogens is 266 g/mol. The molecule has 1 heterocycles. The third-order valence-corrected chi connectivity index (χ3v) is 4.19. The van der Waals surface area contributed by atoms with E-state index < -0.39 is 10.0 Å². The maximum Gasteiger partial charge on any atom is 0.267 e. The second-order valence-corrected chi connectivity index (χ2v) is 6.44. The number of carbonyl (C=O) groups excluding carboxylic acids is 1. The molecule has 106 valence electrons. The Morgan fingerprint density at radius 2 is 2.21 bits per heavy atom. The van der Waals surface area contributed by atoms with Gasteiger partial charge in [0.1, 0.15) is 10.6 Å². The van der Waals surface area contributed by atoms with Crippen molar-refractivity contribution in [2.45, 2.75) is 37.6 Å². The molecule has 0 aliphatic heterocycles. The van der Waals surface area contributed by atoms with Crippen molar-refractivity contribution in [1.29, 1.82) is 0 Å². The number of rotatable bonds is 6. The molecule has 0 saturated heterocycles. The molecule has 1 aromatic rings. The number of primary sulfonamides is 1. The number of aromatic nitrogens is 1. The molecule has 6 nitrogen and oxygen atoms in total. The first-order chi connectivity index (χ1) is 8.91. The van der Waals surface area contributed by atoms with E-state index in [2.05, 4.69) is 5.32 Å². The third kappa shape index (κ3) is 3.57. The smallest absolute Gasteiger partial charge is 0.267 e. The van der Waals surface area contributed by atoms with Crippen molar-refractivity contribution < 1.29 is 13.2 Å². The van der Waals surface area contributed by atoms with Crippen LogP contribution in [0.15, 0.2) is 17.2 Å². The standard InChI is InChI=1S/C12H19N3O3S/c1-2-15-8-10(19(13,17)18)7-11(15)12(16)14-6-5-9-3-4-9/h7-9H,2-6H2,1H3,(H,14,16)(H2,13,17,18). The molecule has 1 aromatic heterocycles. The molecule has 1 saturated carbocycles. The van der Waals surface area contributed by atoms with Gasteiger partial charge in [0, 0.05) is 19.3 Å². The largest absolute Gasteiger partial charge is 0.351 e. The van der Waals surface area contributed by atoms with Gasteiger partial charge in [-0.1, -0.05) is 12.8 Å². The fraction of sp³-hybridized carbons (Fsp3) is 0.583. The fourth-order valence-electron chi connectivity index (χ4n) is 1.98. The van der Waals surface area contributed by atoms with E-state index in [0.717, 1.165) is 12.3 Å². The number of hydrogen-bond donors (Lipinski definition) is 2. The molecule has 0 atom stereocenters. The number of sulfonamides is 1. The van der Waals surface area contributed by atoms with Crippen molar-refractivity contribution in [3.05, 3.63) is 18.0 Å². The van der Waals surface area contributed by atoms with Crippen LogP contribution in [0, 0.1) is 5.92 Å². The lowest BCUT2D eigenvalue weighted by molar-refractivity contribution is 0.0943. The average molecular weight is 285 g/mol. The van der Waals surface area contributed by atoms with Gasteiger partial charge < -0.3 is 9.88 Å². The van der Waals surface area contributed by atoms with Crippen molar-refractivity contribution >= 4 is 15.9 Å². The van der Waals surface area contributed by atoms with E-state index in [1.807, 2.05) is 6.92 Å².